The quantitative estimate of drug-likeness (QED) is 0.788. The predicted octanol–water partition coefficient (Wildman–Crippen LogP) is 3.39. The molecule has 0 atom stereocenters. The van der Waals surface area contributed by atoms with Crippen molar-refractivity contribution < 1.29 is 5.11 Å². The number of fused-ring (bicyclic) bond motifs is 1. The summed E-state index contributed by atoms with van der Waals surface area (Å²) in [7, 11) is 0. The molecule has 3 nitrogen and oxygen atoms in total. The third-order valence-corrected chi connectivity index (χ3v) is 3.44. The molecule has 0 amide bonds. The highest BCUT2D eigenvalue weighted by Gasteiger charge is 2.09. The molecule has 0 radical (unpaired) electrons. The fourth-order valence-electron chi connectivity index (χ4n) is 2.00. The molecule has 90 valence electrons. The maximum Gasteiger partial charge on any atom is 0.132 e. The molecule has 1 N–H and O–H groups in total. The fourth-order valence-corrected chi connectivity index (χ4v) is 2.53. The van der Waals surface area contributed by atoms with Crippen LogP contribution in [0.15, 0.2) is 53.3 Å². The lowest BCUT2D eigenvalue weighted by Crippen LogP contribution is -1.95. The number of hydrogen-bond donors (Lipinski definition) is 1. The van der Waals surface area contributed by atoms with E-state index in [0.717, 1.165) is 22.4 Å². The first-order valence-corrected chi connectivity index (χ1v) is 6.43. The monoisotopic (exact) mass is 302 g/mol. The lowest BCUT2D eigenvalue weighted by Gasteiger charge is -2.02. The van der Waals surface area contributed by atoms with Crippen LogP contribution in [-0.2, 0) is 6.42 Å². The first kappa shape index (κ1) is 11.3. The normalized spacial score (nSPS) is 10.9. The summed E-state index contributed by atoms with van der Waals surface area (Å²) in [5.41, 5.74) is 2.15. The van der Waals surface area contributed by atoms with Gasteiger partial charge in [0.15, 0.2) is 0 Å². The Morgan fingerprint density at radius 2 is 1.89 bits per heavy atom. The van der Waals surface area contributed by atoms with E-state index in [9.17, 15) is 5.11 Å². The molecule has 0 saturated carbocycles. The summed E-state index contributed by atoms with van der Waals surface area (Å²) < 4.78 is 2.71. The van der Waals surface area contributed by atoms with Crippen molar-refractivity contribution in [2.75, 3.05) is 0 Å². The van der Waals surface area contributed by atoms with E-state index in [4.69, 9.17) is 0 Å². The summed E-state index contributed by atoms with van der Waals surface area (Å²) in [5, 5.41) is 9.57. The van der Waals surface area contributed by atoms with Gasteiger partial charge < -0.3 is 5.11 Å². The summed E-state index contributed by atoms with van der Waals surface area (Å²) in [5.74, 6) is 1.14. The molecule has 0 unspecified atom stereocenters. The highest BCUT2D eigenvalue weighted by atomic mass is 79.9. The van der Waals surface area contributed by atoms with Crippen molar-refractivity contribution in [3.05, 3.63) is 64.7 Å². The molecule has 0 aliphatic rings. The van der Waals surface area contributed by atoms with Gasteiger partial charge in [0.25, 0.3) is 0 Å². The van der Waals surface area contributed by atoms with Gasteiger partial charge in [-0.05, 0) is 33.6 Å². The average Bonchev–Trinajstić information content (AvgIpc) is 2.67. The topological polar surface area (TPSA) is 37.5 Å². The van der Waals surface area contributed by atoms with Crippen molar-refractivity contribution >= 4 is 21.4 Å². The van der Waals surface area contributed by atoms with Gasteiger partial charge in [-0.3, -0.25) is 4.40 Å². The molecule has 2 aromatic heterocycles. The Hall–Kier alpha value is -1.81. The van der Waals surface area contributed by atoms with Gasteiger partial charge in [0.1, 0.15) is 16.2 Å². The Labute approximate surface area is 113 Å². The third kappa shape index (κ3) is 1.99. The second-order valence-electron chi connectivity index (χ2n) is 4.12. The Kier molecular flexibility index (Phi) is 2.80. The standard InChI is InChI=1S/C14H11BrN2O/c15-14-12-7-6-11(18)9-17(12)13(16-14)8-10-4-2-1-3-5-10/h1-7,9,18H,8H2. The summed E-state index contributed by atoms with van der Waals surface area (Å²) in [6, 6.07) is 13.7. The SMILES string of the molecule is Oc1ccc2c(Br)nc(Cc3ccccc3)n2c1. The van der Waals surface area contributed by atoms with Crippen LogP contribution in [0.2, 0.25) is 0 Å². The number of benzene rings is 1. The summed E-state index contributed by atoms with van der Waals surface area (Å²) >= 11 is 3.44. The van der Waals surface area contributed by atoms with Crippen molar-refractivity contribution in [2.24, 2.45) is 0 Å². The first-order chi connectivity index (χ1) is 8.74. The van der Waals surface area contributed by atoms with Crippen LogP contribution in [0.1, 0.15) is 11.4 Å². The number of pyridine rings is 1. The first-order valence-electron chi connectivity index (χ1n) is 5.63. The van der Waals surface area contributed by atoms with Crippen molar-refractivity contribution in [2.45, 2.75) is 6.42 Å². The van der Waals surface area contributed by atoms with E-state index in [1.54, 1.807) is 12.3 Å². The third-order valence-electron chi connectivity index (χ3n) is 2.85. The van der Waals surface area contributed by atoms with Gasteiger partial charge in [0.2, 0.25) is 0 Å². The van der Waals surface area contributed by atoms with Crippen LogP contribution in [0.25, 0.3) is 5.52 Å². The summed E-state index contributed by atoms with van der Waals surface area (Å²) in [6.45, 7) is 0. The van der Waals surface area contributed by atoms with Crippen LogP contribution in [0.3, 0.4) is 0 Å². The molecule has 0 aliphatic carbocycles. The van der Waals surface area contributed by atoms with Gasteiger partial charge in [0.05, 0.1) is 11.7 Å². The van der Waals surface area contributed by atoms with Gasteiger partial charge in [-0.1, -0.05) is 30.3 Å². The summed E-state index contributed by atoms with van der Waals surface area (Å²) in [6.07, 6.45) is 2.42. The van der Waals surface area contributed by atoms with Crippen LogP contribution in [-0.4, -0.2) is 14.5 Å². The zero-order chi connectivity index (χ0) is 12.5. The molecule has 3 aromatic rings. The number of nitrogens with zero attached hydrogens (tertiary/aromatic N) is 2. The second kappa shape index (κ2) is 4.46. The molecule has 18 heavy (non-hydrogen) atoms. The highest BCUT2D eigenvalue weighted by Crippen LogP contribution is 2.23. The molecular formula is C14H11BrN2O. The zero-order valence-electron chi connectivity index (χ0n) is 9.55. The zero-order valence-corrected chi connectivity index (χ0v) is 11.1. The molecule has 4 heteroatoms. The van der Waals surface area contributed by atoms with Gasteiger partial charge >= 0.3 is 0 Å². The van der Waals surface area contributed by atoms with E-state index in [-0.39, 0.29) is 5.75 Å². The molecule has 0 fully saturated rings. The maximum atomic E-state index is 9.57. The number of rotatable bonds is 2. The van der Waals surface area contributed by atoms with E-state index in [2.05, 4.69) is 33.0 Å². The number of imidazole rings is 1. The Morgan fingerprint density at radius 3 is 2.67 bits per heavy atom. The number of aromatic nitrogens is 2. The van der Waals surface area contributed by atoms with E-state index >= 15 is 0 Å². The molecule has 3 rings (SSSR count). The highest BCUT2D eigenvalue weighted by molar-refractivity contribution is 9.10. The predicted molar refractivity (Wildman–Crippen MR) is 73.8 cm³/mol. The van der Waals surface area contributed by atoms with Crippen LogP contribution in [0.5, 0.6) is 5.75 Å². The number of aromatic hydroxyl groups is 1. The van der Waals surface area contributed by atoms with E-state index < -0.39 is 0 Å². The lowest BCUT2D eigenvalue weighted by atomic mass is 10.1. The van der Waals surface area contributed by atoms with Crippen LogP contribution < -0.4 is 0 Å². The van der Waals surface area contributed by atoms with E-state index in [1.807, 2.05) is 28.7 Å². The smallest absolute Gasteiger partial charge is 0.132 e. The molecule has 2 heterocycles. The minimum absolute atomic E-state index is 0.238. The van der Waals surface area contributed by atoms with Crippen molar-refractivity contribution in [3.63, 3.8) is 0 Å². The molecule has 1 aromatic carbocycles. The second-order valence-corrected chi connectivity index (χ2v) is 4.87. The molecule has 0 spiro atoms. The largest absolute Gasteiger partial charge is 0.506 e. The van der Waals surface area contributed by atoms with Crippen molar-refractivity contribution in [1.29, 1.82) is 0 Å². The Bertz CT molecular complexity index is 692. The molecular weight excluding hydrogens is 292 g/mol. The van der Waals surface area contributed by atoms with E-state index in [0.29, 0.717) is 0 Å². The fraction of sp³-hybridized carbons (Fsp3) is 0.0714. The lowest BCUT2D eigenvalue weighted by molar-refractivity contribution is 0.471. The van der Waals surface area contributed by atoms with Crippen molar-refractivity contribution in [1.82, 2.24) is 9.38 Å². The van der Waals surface area contributed by atoms with Crippen molar-refractivity contribution in [3.8, 4) is 5.75 Å². The van der Waals surface area contributed by atoms with Gasteiger partial charge in [-0.15, -0.1) is 0 Å². The minimum atomic E-state index is 0.238. The van der Waals surface area contributed by atoms with Crippen LogP contribution in [0, 0.1) is 0 Å². The number of halogens is 1. The van der Waals surface area contributed by atoms with E-state index in [1.165, 1.54) is 5.56 Å². The molecule has 0 saturated heterocycles. The van der Waals surface area contributed by atoms with Crippen LogP contribution in [0.4, 0.5) is 0 Å². The average molecular weight is 303 g/mol. The molecule has 0 bridgehead atoms. The van der Waals surface area contributed by atoms with Gasteiger partial charge in [-0.2, -0.15) is 0 Å². The van der Waals surface area contributed by atoms with Gasteiger partial charge in [0, 0.05) is 6.42 Å². The molecule has 0 aliphatic heterocycles. The Morgan fingerprint density at radius 1 is 1.11 bits per heavy atom. The van der Waals surface area contributed by atoms with Gasteiger partial charge in [-0.25, -0.2) is 4.98 Å². The van der Waals surface area contributed by atoms with Crippen LogP contribution >= 0.6 is 15.9 Å². The maximum absolute atomic E-state index is 9.57. The number of hydrogen-bond acceptors (Lipinski definition) is 2. The summed E-state index contributed by atoms with van der Waals surface area (Å²) in [4.78, 5) is 4.49. The Balaban J connectivity index is 2.09. The minimum Gasteiger partial charge on any atom is -0.506 e.